The Labute approximate surface area is 169 Å². The van der Waals surface area contributed by atoms with Crippen molar-refractivity contribution in [1.29, 1.82) is 0 Å². The molecule has 1 aromatic heterocycles. The molecule has 2 aliphatic rings. The Morgan fingerprint density at radius 1 is 1.46 bits per heavy atom. The number of piperidine rings is 1. The van der Waals surface area contributed by atoms with Gasteiger partial charge in [0.15, 0.2) is 0 Å². The van der Waals surface area contributed by atoms with E-state index in [9.17, 15) is 9.59 Å². The molecule has 2 saturated heterocycles. The Hall–Kier alpha value is -2.00. The van der Waals surface area contributed by atoms with Crippen molar-refractivity contribution in [2.75, 3.05) is 33.7 Å². The smallest absolute Gasteiger partial charge is 0.312 e. The molecular formula is C19H29N3O5S. The van der Waals surface area contributed by atoms with Crippen LogP contribution in [0.4, 0.5) is 0 Å². The minimum Gasteiger partial charge on any atom is -0.483 e. The average Bonchev–Trinajstić information content (AvgIpc) is 3.21. The van der Waals surface area contributed by atoms with Crippen molar-refractivity contribution in [3.63, 3.8) is 0 Å². The largest absolute Gasteiger partial charge is 0.483 e. The highest BCUT2D eigenvalue weighted by Crippen LogP contribution is 2.43. The Kier molecular flexibility index (Phi) is 7.94. The maximum absolute atomic E-state index is 12.7. The molecule has 0 saturated carbocycles. The zero-order valence-electron chi connectivity index (χ0n) is 16.7. The summed E-state index contributed by atoms with van der Waals surface area (Å²) in [4.78, 5) is 41.8. The second-order valence-corrected chi connectivity index (χ2v) is 8.49. The molecule has 0 radical (unpaired) electrons. The number of carboxylic acid groups (broad SMARTS) is 1. The van der Waals surface area contributed by atoms with E-state index in [2.05, 4.69) is 11.9 Å². The van der Waals surface area contributed by atoms with Crippen molar-refractivity contribution in [2.45, 2.75) is 45.1 Å². The first-order chi connectivity index (χ1) is 13.3. The van der Waals surface area contributed by atoms with Gasteiger partial charge in [-0.1, -0.05) is 6.92 Å². The summed E-state index contributed by atoms with van der Waals surface area (Å²) in [6.45, 7) is 3.82. The van der Waals surface area contributed by atoms with Crippen LogP contribution in [0.5, 0.6) is 0 Å². The summed E-state index contributed by atoms with van der Waals surface area (Å²) in [5, 5.41) is 9.76. The molecule has 8 nitrogen and oxygen atoms in total. The van der Waals surface area contributed by atoms with Gasteiger partial charge in [-0.3, -0.25) is 14.4 Å². The van der Waals surface area contributed by atoms with Gasteiger partial charge < -0.3 is 19.6 Å². The van der Waals surface area contributed by atoms with Crippen LogP contribution < -0.4 is 0 Å². The number of hydrogen-bond acceptors (Lipinski definition) is 7. The molecule has 9 heteroatoms. The summed E-state index contributed by atoms with van der Waals surface area (Å²) in [7, 11) is 3.97. The van der Waals surface area contributed by atoms with E-state index in [1.54, 1.807) is 11.3 Å². The highest BCUT2D eigenvalue weighted by atomic mass is 32.1. The molecule has 2 aliphatic heterocycles. The fraction of sp³-hybridized carbons (Fsp3) is 0.684. The summed E-state index contributed by atoms with van der Waals surface area (Å²) in [6.07, 6.45) is 4.06. The highest BCUT2D eigenvalue weighted by Gasteiger charge is 2.50. The lowest BCUT2D eigenvalue weighted by molar-refractivity contribution is -0.150. The topological polar surface area (TPSA) is 100 Å². The number of ether oxygens (including phenoxy) is 1. The van der Waals surface area contributed by atoms with Gasteiger partial charge in [-0.15, -0.1) is 11.3 Å². The van der Waals surface area contributed by atoms with Crippen LogP contribution in [0.3, 0.4) is 0 Å². The molecule has 1 atom stereocenters. The standard InChI is InChI=1S/C18H27N3O3S.CH2O2/c1-4-5-15-19-14(12-25-15)16(22)21-8-6-18(7-9-21)10-13(11-20(2)3)24-17(18)23;2-1-3/h12-13H,4-11H2,1-3H3;1H,(H,2,3). The Morgan fingerprint density at radius 2 is 2.11 bits per heavy atom. The first-order valence-corrected chi connectivity index (χ1v) is 10.4. The Bertz CT molecular complexity index is 683. The van der Waals surface area contributed by atoms with Crippen molar-refractivity contribution < 1.29 is 24.2 Å². The third-order valence-corrected chi connectivity index (χ3v) is 6.04. The van der Waals surface area contributed by atoms with Crippen molar-refractivity contribution in [3.05, 3.63) is 16.1 Å². The van der Waals surface area contributed by atoms with Crippen LogP contribution in [0, 0.1) is 5.41 Å². The molecule has 1 amide bonds. The first-order valence-electron chi connectivity index (χ1n) is 9.52. The van der Waals surface area contributed by atoms with E-state index < -0.39 is 5.41 Å². The monoisotopic (exact) mass is 411 g/mol. The number of amides is 1. The van der Waals surface area contributed by atoms with Crippen molar-refractivity contribution >= 4 is 29.7 Å². The van der Waals surface area contributed by atoms with Crippen molar-refractivity contribution in [3.8, 4) is 0 Å². The third kappa shape index (κ3) is 5.29. The Morgan fingerprint density at radius 3 is 2.68 bits per heavy atom. The van der Waals surface area contributed by atoms with Gasteiger partial charge in [0.25, 0.3) is 12.4 Å². The number of carbonyl (C=O) groups is 3. The number of aryl methyl sites for hydroxylation is 1. The molecule has 1 N–H and O–H groups in total. The van der Waals surface area contributed by atoms with Crippen LogP contribution in [0.2, 0.25) is 0 Å². The summed E-state index contributed by atoms with van der Waals surface area (Å²) in [6, 6.07) is 0. The molecule has 156 valence electrons. The minimum absolute atomic E-state index is 0.00958. The van der Waals surface area contributed by atoms with Crippen LogP contribution in [0.1, 0.15) is 48.1 Å². The fourth-order valence-corrected chi connectivity index (χ4v) is 4.67. The van der Waals surface area contributed by atoms with Crippen LogP contribution in [0.25, 0.3) is 0 Å². The maximum atomic E-state index is 12.7. The van der Waals surface area contributed by atoms with Crippen molar-refractivity contribution in [2.24, 2.45) is 5.41 Å². The molecule has 3 rings (SSSR count). The normalized spacial score (nSPS) is 20.6. The highest BCUT2D eigenvalue weighted by molar-refractivity contribution is 7.09. The van der Waals surface area contributed by atoms with Gasteiger partial charge in [0, 0.05) is 31.4 Å². The lowest BCUT2D eigenvalue weighted by atomic mass is 9.76. The Balaban J connectivity index is 0.000000878. The lowest BCUT2D eigenvalue weighted by Gasteiger charge is -2.36. The summed E-state index contributed by atoms with van der Waals surface area (Å²) < 4.78 is 5.58. The van der Waals surface area contributed by atoms with E-state index in [4.69, 9.17) is 14.6 Å². The number of likely N-dealkylation sites (tertiary alicyclic amines) is 1. The number of hydrogen-bond donors (Lipinski definition) is 1. The fourth-order valence-electron chi connectivity index (χ4n) is 3.79. The van der Waals surface area contributed by atoms with Gasteiger partial charge >= 0.3 is 5.97 Å². The van der Waals surface area contributed by atoms with Gasteiger partial charge in [0.05, 0.1) is 10.4 Å². The number of carbonyl (C=O) groups excluding carboxylic acids is 2. The van der Waals surface area contributed by atoms with Crippen LogP contribution in [-0.4, -0.2) is 78.1 Å². The van der Waals surface area contributed by atoms with E-state index in [1.807, 2.05) is 29.3 Å². The zero-order valence-corrected chi connectivity index (χ0v) is 17.5. The molecule has 1 aromatic rings. The number of rotatable bonds is 5. The van der Waals surface area contributed by atoms with Gasteiger partial charge in [-0.05, 0) is 39.8 Å². The molecule has 28 heavy (non-hydrogen) atoms. The van der Waals surface area contributed by atoms with Crippen LogP contribution >= 0.6 is 11.3 Å². The average molecular weight is 412 g/mol. The van der Waals surface area contributed by atoms with E-state index >= 15 is 0 Å². The van der Waals surface area contributed by atoms with Gasteiger partial charge in [0.1, 0.15) is 11.8 Å². The van der Waals surface area contributed by atoms with E-state index in [-0.39, 0.29) is 24.5 Å². The number of aromatic nitrogens is 1. The molecular weight excluding hydrogens is 382 g/mol. The summed E-state index contributed by atoms with van der Waals surface area (Å²) in [5.74, 6) is -0.0880. The predicted octanol–water partition coefficient (Wildman–Crippen LogP) is 1.90. The number of nitrogens with zero attached hydrogens (tertiary/aromatic N) is 3. The molecule has 0 bridgehead atoms. The third-order valence-electron chi connectivity index (χ3n) is 5.14. The molecule has 3 heterocycles. The van der Waals surface area contributed by atoms with Gasteiger partial charge in [0.2, 0.25) is 0 Å². The van der Waals surface area contributed by atoms with Gasteiger partial charge in [-0.2, -0.15) is 0 Å². The maximum Gasteiger partial charge on any atom is 0.312 e. The van der Waals surface area contributed by atoms with E-state index in [1.165, 1.54) is 0 Å². The van der Waals surface area contributed by atoms with Crippen LogP contribution in [-0.2, 0) is 20.7 Å². The second kappa shape index (κ2) is 9.97. The minimum atomic E-state index is -0.396. The zero-order chi connectivity index (χ0) is 20.7. The van der Waals surface area contributed by atoms with Crippen LogP contribution in [0.15, 0.2) is 5.38 Å². The van der Waals surface area contributed by atoms with E-state index in [0.717, 1.165) is 30.8 Å². The second-order valence-electron chi connectivity index (χ2n) is 7.55. The first kappa shape index (κ1) is 22.3. The summed E-state index contributed by atoms with van der Waals surface area (Å²) >= 11 is 1.55. The number of likely N-dealkylation sites (N-methyl/N-ethyl adjacent to an activating group) is 1. The van der Waals surface area contributed by atoms with Gasteiger partial charge in [-0.25, -0.2) is 4.98 Å². The van der Waals surface area contributed by atoms with Crippen molar-refractivity contribution in [1.82, 2.24) is 14.8 Å². The molecule has 0 aliphatic carbocycles. The number of cyclic esters (lactones) is 1. The summed E-state index contributed by atoms with van der Waals surface area (Å²) in [5.41, 5.74) is 0.149. The molecule has 0 aromatic carbocycles. The molecule has 1 spiro atoms. The lowest BCUT2D eigenvalue weighted by Crippen LogP contribution is -2.45. The SMILES string of the molecule is CCCc1nc(C(=O)N2CCC3(CC2)CC(CN(C)C)OC3=O)cs1.O=CO. The molecule has 1 unspecified atom stereocenters. The van der Waals surface area contributed by atoms with E-state index in [0.29, 0.717) is 31.6 Å². The number of esters is 1. The number of thiazole rings is 1. The quantitative estimate of drug-likeness (QED) is 0.583. The predicted molar refractivity (Wildman–Crippen MR) is 105 cm³/mol. The molecule has 2 fully saturated rings.